The van der Waals surface area contributed by atoms with E-state index in [9.17, 15) is 9.90 Å². The number of hydrogen-bond donors (Lipinski definition) is 1. The van der Waals surface area contributed by atoms with E-state index in [2.05, 4.69) is 4.90 Å². The molecule has 104 valence electrons. The first-order valence-corrected chi connectivity index (χ1v) is 6.97. The van der Waals surface area contributed by atoms with Crippen molar-refractivity contribution < 1.29 is 14.6 Å². The molecule has 18 heavy (non-hydrogen) atoms. The smallest absolute Gasteiger partial charge is 0.228 e. The van der Waals surface area contributed by atoms with E-state index in [0.29, 0.717) is 6.61 Å². The Bertz CT molecular complexity index is 271. The highest BCUT2D eigenvalue weighted by Gasteiger charge is 2.30. The number of aliphatic hydroxyl groups excluding tert-OH is 1. The first-order chi connectivity index (χ1) is 8.70. The topological polar surface area (TPSA) is 53.0 Å². The largest absolute Gasteiger partial charge is 0.392 e. The average Bonchev–Trinajstić information content (AvgIpc) is 2.92. The van der Waals surface area contributed by atoms with Gasteiger partial charge in [0.2, 0.25) is 5.91 Å². The fourth-order valence-electron chi connectivity index (χ4n) is 2.57. The maximum atomic E-state index is 12.2. The molecule has 5 heteroatoms. The van der Waals surface area contributed by atoms with Gasteiger partial charge in [-0.3, -0.25) is 9.69 Å². The fraction of sp³-hybridized carbons (Fsp3) is 0.923. The number of aliphatic hydroxyl groups is 1. The van der Waals surface area contributed by atoms with Crippen molar-refractivity contribution in [2.75, 3.05) is 45.9 Å². The zero-order chi connectivity index (χ0) is 13.0. The van der Waals surface area contributed by atoms with Crippen molar-refractivity contribution in [1.29, 1.82) is 0 Å². The van der Waals surface area contributed by atoms with Crippen LogP contribution in [-0.4, -0.2) is 72.9 Å². The number of rotatable bonds is 4. The van der Waals surface area contributed by atoms with Crippen LogP contribution in [0.1, 0.15) is 19.8 Å². The molecule has 0 aliphatic carbocycles. The van der Waals surface area contributed by atoms with Crippen LogP contribution < -0.4 is 0 Å². The maximum Gasteiger partial charge on any atom is 0.228 e. The van der Waals surface area contributed by atoms with Gasteiger partial charge in [-0.2, -0.15) is 0 Å². The number of amides is 1. The van der Waals surface area contributed by atoms with Gasteiger partial charge in [0, 0.05) is 39.3 Å². The fourth-order valence-corrected chi connectivity index (χ4v) is 2.57. The predicted octanol–water partition coefficient (Wildman–Crippen LogP) is -0.0620. The van der Waals surface area contributed by atoms with Gasteiger partial charge in [0.25, 0.3) is 0 Å². The molecule has 0 bridgehead atoms. The van der Waals surface area contributed by atoms with Crippen molar-refractivity contribution >= 4 is 5.91 Å². The van der Waals surface area contributed by atoms with Gasteiger partial charge < -0.3 is 14.7 Å². The van der Waals surface area contributed by atoms with Crippen molar-refractivity contribution in [2.24, 2.45) is 5.92 Å². The van der Waals surface area contributed by atoms with E-state index < -0.39 is 0 Å². The van der Waals surface area contributed by atoms with Crippen LogP contribution in [-0.2, 0) is 9.53 Å². The standard InChI is InChI=1S/C13H24N2O3/c1-2-12(16)9-14-4-6-15(7-5-14)13(17)11-3-8-18-10-11/h11-12,16H,2-10H2,1H3/t11-,12-/m0/s1. The molecule has 2 aliphatic rings. The van der Waals surface area contributed by atoms with Gasteiger partial charge in [0.1, 0.15) is 0 Å². The molecule has 0 spiro atoms. The zero-order valence-electron chi connectivity index (χ0n) is 11.2. The zero-order valence-corrected chi connectivity index (χ0v) is 11.2. The third-order valence-electron chi connectivity index (χ3n) is 3.90. The summed E-state index contributed by atoms with van der Waals surface area (Å²) in [5, 5.41) is 9.62. The summed E-state index contributed by atoms with van der Waals surface area (Å²) in [6, 6.07) is 0. The summed E-state index contributed by atoms with van der Waals surface area (Å²) in [4.78, 5) is 16.4. The van der Waals surface area contributed by atoms with Gasteiger partial charge in [-0.25, -0.2) is 0 Å². The lowest BCUT2D eigenvalue weighted by Crippen LogP contribution is -2.51. The van der Waals surface area contributed by atoms with Crippen LogP contribution in [0.5, 0.6) is 0 Å². The van der Waals surface area contributed by atoms with E-state index in [4.69, 9.17) is 4.74 Å². The molecule has 2 rings (SSSR count). The molecule has 2 heterocycles. The Morgan fingerprint density at radius 3 is 2.67 bits per heavy atom. The minimum absolute atomic E-state index is 0.0813. The number of piperazine rings is 1. The average molecular weight is 256 g/mol. The molecule has 0 saturated carbocycles. The molecule has 5 nitrogen and oxygen atoms in total. The molecule has 0 aromatic carbocycles. The molecule has 1 N–H and O–H groups in total. The van der Waals surface area contributed by atoms with E-state index in [1.807, 2.05) is 11.8 Å². The van der Waals surface area contributed by atoms with Crippen LogP contribution in [0.2, 0.25) is 0 Å². The number of nitrogens with zero attached hydrogens (tertiary/aromatic N) is 2. The summed E-state index contributed by atoms with van der Waals surface area (Å²) < 4.78 is 5.27. The Balaban J connectivity index is 1.74. The first kappa shape index (κ1) is 13.8. The van der Waals surface area contributed by atoms with Crippen LogP contribution >= 0.6 is 0 Å². The number of hydrogen-bond acceptors (Lipinski definition) is 4. The van der Waals surface area contributed by atoms with Crippen molar-refractivity contribution in [3.05, 3.63) is 0 Å². The second kappa shape index (κ2) is 6.50. The Hall–Kier alpha value is -0.650. The SMILES string of the molecule is CC[C@H](O)CN1CCN(C(=O)[C@H]2CCOC2)CC1. The van der Waals surface area contributed by atoms with Crippen molar-refractivity contribution in [3.8, 4) is 0 Å². The Labute approximate surface area is 109 Å². The van der Waals surface area contributed by atoms with E-state index in [1.54, 1.807) is 0 Å². The Kier molecular flexibility index (Phi) is 4.97. The first-order valence-electron chi connectivity index (χ1n) is 6.97. The van der Waals surface area contributed by atoms with Gasteiger partial charge >= 0.3 is 0 Å². The van der Waals surface area contributed by atoms with Crippen LogP contribution in [0, 0.1) is 5.92 Å². The van der Waals surface area contributed by atoms with Crippen molar-refractivity contribution in [1.82, 2.24) is 9.80 Å². The molecular weight excluding hydrogens is 232 g/mol. The summed E-state index contributed by atoms with van der Waals surface area (Å²) in [6.07, 6.45) is 1.42. The number of β-amino-alcohol motifs (C(OH)–C–C–N with tert-alkyl or cyclic N) is 1. The van der Waals surface area contributed by atoms with Gasteiger partial charge in [-0.15, -0.1) is 0 Å². The predicted molar refractivity (Wildman–Crippen MR) is 68.2 cm³/mol. The summed E-state index contributed by atoms with van der Waals surface area (Å²) in [5.74, 6) is 0.334. The van der Waals surface area contributed by atoms with Gasteiger partial charge in [-0.1, -0.05) is 6.92 Å². The summed E-state index contributed by atoms with van der Waals surface area (Å²) in [7, 11) is 0. The van der Waals surface area contributed by atoms with Crippen molar-refractivity contribution in [2.45, 2.75) is 25.9 Å². The molecule has 2 atom stereocenters. The highest BCUT2D eigenvalue weighted by molar-refractivity contribution is 5.79. The van der Waals surface area contributed by atoms with Crippen LogP contribution in [0.25, 0.3) is 0 Å². The maximum absolute atomic E-state index is 12.2. The van der Waals surface area contributed by atoms with Gasteiger partial charge in [0.05, 0.1) is 18.6 Å². The third-order valence-corrected chi connectivity index (χ3v) is 3.90. The van der Waals surface area contributed by atoms with E-state index >= 15 is 0 Å². The number of carbonyl (C=O) groups is 1. The number of ether oxygens (including phenoxy) is 1. The summed E-state index contributed by atoms with van der Waals surface area (Å²) in [6.45, 7) is 7.34. The van der Waals surface area contributed by atoms with Crippen LogP contribution in [0.15, 0.2) is 0 Å². The summed E-state index contributed by atoms with van der Waals surface area (Å²) in [5.41, 5.74) is 0. The van der Waals surface area contributed by atoms with Crippen molar-refractivity contribution in [3.63, 3.8) is 0 Å². The third kappa shape index (κ3) is 3.43. The monoisotopic (exact) mass is 256 g/mol. The molecule has 0 radical (unpaired) electrons. The molecule has 2 fully saturated rings. The highest BCUT2D eigenvalue weighted by atomic mass is 16.5. The van der Waals surface area contributed by atoms with E-state index in [-0.39, 0.29) is 17.9 Å². The lowest BCUT2D eigenvalue weighted by atomic mass is 10.1. The Morgan fingerprint density at radius 1 is 1.39 bits per heavy atom. The lowest BCUT2D eigenvalue weighted by Gasteiger charge is -2.36. The normalized spacial score (nSPS) is 27.4. The Morgan fingerprint density at radius 2 is 2.11 bits per heavy atom. The summed E-state index contributed by atoms with van der Waals surface area (Å²) >= 11 is 0. The van der Waals surface area contributed by atoms with Gasteiger partial charge in [0.15, 0.2) is 0 Å². The minimum atomic E-state index is -0.240. The molecule has 0 unspecified atom stereocenters. The minimum Gasteiger partial charge on any atom is -0.392 e. The van der Waals surface area contributed by atoms with Gasteiger partial charge in [-0.05, 0) is 12.8 Å². The second-order valence-electron chi connectivity index (χ2n) is 5.25. The number of carbonyl (C=O) groups excluding carboxylic acids is 1. The van der Waals surface area contributed by atoms with Crippen LogP contribution in [0.3, 0.4) is 0 Å². The van der Waals surface area contributed by atoms with E-state index in [1.165, 1.54) is 0 Å². The molecule has 2 aliphatic heterocycles. The molecular formula is C13H24N2O3. The molecule has 0 aromatic rings. The van der Waals surface area contributed by atoms with Crippen LogP contribution in [0.4, 0.5) is 0 Å². The quantitative estimate of drug-likeness (QED) is 0.765. The van der Waals surface area contributed by atoms with E-state index in [0.717, 1.165) is 52.2 Å². The molecule has 1 amide bonds. The second-order valence-corrected chi connectivity index (χ2v) is 5.25. The molecule has 2 saturated heterocycles. The molecule has 0 aromatic heterocycles. The highest BCUT2D eigenvalue weighted by Crippen LogP contribution is 2.16. The lowest BCUT2D eigenvalue weighted by molar-refractivity contribution is -0.137.